The summed E-state index contributed by atoms with van der Waals surface area (Å²) < 4.78 is 0. The van der Waals surface area contributed by atoms with E-state index in [1.54, 1.807) is 6.20 Å². The molecule has 1 aromatic heterocycles. The largest absolute Gasteiger partial charge is 0.336 e. The van der Waals surface area contributed by atoms with Crippen LogP contribution in [0.4, 0.5) is 0 Å². The van der Waals surface area contributed by atoms with Crippen LogP contribution in [0, 0.1) is 6.92 Å². The molecule has 3 heteroatoms. The Morgan fingerprint density at radius 1 is 1.23 bits per heavy atom. The summed E-state index contributed by atoms with van der Waals surface area (Å²) in [7, 11) is 0. The van der Waals surface area contributed by atoms with E-state index in [1.165, 1.54) is 5.56 Å². The van der Waals surface area contributed by atoms with Gasteiger partial charge in [0.1, 0.15) is 0 Å². The Labute approximate surface area is 132 Å². The number of hydrogen-bond acceptors (Lipinski definition) is 2. The van der Waals surface area contributed by atoms with E-state index in [2.05, 4.69) is 29.2 Å². The van der Waals surface area contributed by atoms with Crippen LogP contribution in [-0.4, -0.2) is 28.4 Å². The summed E-state index contributed by atoms with van der Waals surface area (Å²) in [6.07, 6.45) is 5.98. The highest BCUT2D eigenvalue weighted by molar-refractivity contribution is 5.94. The first-order valence-electron chi connectivity index (χ1n) is 8.01. The van der Waals surface area contributed by atoms with Crippen LogP contribution in [0.15, 0.2) is 48.7 Å². The van der Waals surface area contributed by atoms with Crippen molar-refractivity contribution >= 4 is 5.91 Å². The second-order valence-electron chi connectivity index (χ2n) is 6.01. The highest BCUT2D eigenvalue weighted by Gasteiger charge is 2.29. The van der Waals surface area contributed by atoms with E-state index in [1.807, 2.05) is 30.0 Å². The molecule has 0 saturated carbocycles. The van der Waals surface area contributed by atoms with Crippen LogP contribution >= 0.6 is 0 Å². The van der Waals surface area contributed by atoms with Crippen molar-refractivity contribution in [1.82, 2.24) is 9.88 Å². The summed E-state index contributed by atoms with van der Waals surface area (Å²) >= 11 is 0. The summed E-state index contributed by atoms with van der Waals surface area (Å²) in [6, 6.07) is 14.7. The number of carbonyl (C=O) groups excluding carboxylic acids is 1. The molecule has 1 aliphatic heterocycles. The van der Waals surface area contributed by atoms with Crippen molar-refractivity contribution in [2.45, 2.75) is 38.6 Å². The zero-order chi connectivity index (χ0) is 15.4. The molecule has 1 amide bonds. The zero-order valence-corrected chi connectivity index (χ0v) is 13.0. The molecular weight excluding hydrogens is 272 g/mol. The van der Waals surface area contributed by atoms with Gasteiger partial charge in [-0.2, -0.15) is 0 Å². The Hall–Kier alpha value is -2.16. The van der Waals surface area contributed by atoms with Gasteiger partial charge in [-0.3, -0.25) is 9.78 Å². The molecule has 1 saturated heterocycles. The second-order valence-corrected chi connectivity index (χ2v) is 6.01. The van der Waals surface area contributed by atoms with Crippen LogP contribution in [0.3, 0.4) is 0 Å². The summed E-state index contributed by atoms with van der Waals surface area (Å²) in [5, 5.41) is 0. The first-order chi connectivity index (χ1) is 10.7. The van der Waals surface area contributed by atoms with E-state index in [0.29, 0.717) is 11.6 Å². The maximum Gasteiger partial charge on any atom is 0.255 e. The molecular formula is C19H22N2O. The average Bonchev–Trinajstić information content (AvgIpc) is 3.02. The van der Waals surface area contributed by atoms with Crippen LogP contribution in [0.2, 0.25) is 0 Å². The topological polar surface area (TPSA) is 33.2 Å². The molecule has 3 nitrogen and oxygen atoms in total. The predicted molar refractivity (Wildman–Crippen MR) is 87.8 cm³/mol. The van der Waals surface area contributed by atoms with Crippen molar-refractivity contribution in [1.29, 1.82) is 0 Å². The lowest BCUT2D eigenvalue weighted by molar-refractivity contribution is 0.0730. The number of pyridine rings is 1. The van der Waals surface area contributed by atoms with Gasteiger partial charge in [-0.1, -0.05) is 30.3 Å². The Morgan fingerprint density at radius 3 is 2.77 bits per heavy atom. The fraction of sp³-hybridized carbons (Fsp3) is 0.368. The monoisotopic (exact) mass is 294 g/mol. The summed E-state index contributed by atoms with van der Waals surface area (Å²) in [6.45, 7) is 2.80. The van der Waals surface area contributed by atoms with Crippen molar-refractivity contribution in [2.24, 2.45) is 0 Å². The minimum atomic E-state index is 0.128. The Balaban J connectivity index is 1.65. The molecule has 1 unspecified atom stereocenters. The van der Waals surface area contributed by atoms with E-state index >= 15 is 0 Å². The Morgan fingerprint density at radius 2 is 2.05 bits per heavy atom. The third kappa shape index (κ3) is 3.35. The lowest BCUT2D eigenvalue weighted by atomic mass is 10.0. The molecule has 0 spiro atoms. The van der Waals surface area contributed by atoms with Gasteiger partial charge >= 0.3 is 0 Å². The van der Waals surface area contributed by atoms with E-state index in [4.69, 9.17) is 0 Å². The number of nitrogens with zero attached hydrogens (tertiary/aromatic N) is 2. The van der Waals surface area contributed by atoms with E-state index in [-0.39, 0.29) is 5.91 Å². The standard InChI is InChI=1S/C19H22N2O/c1-15-9-11-17(14-20-15)19(22)21-13-5-8-18(21)12-10-16-6-3-2-4-7-16/h2-4,6-7,9,11,14,18H,5,8,10,12-13H2,1H3. The number of amides is 1. The summed E-state index contributed by atoms with van der Waals surface area (Å²) in [5.41, 5.74) is 3.00. The SMILES string of the molecule is Cc1ccc(C(=O)N2CCCC2CCc2ccccc2)cn1. The summed E-state index contributed by atoms with van der Waals surface area (Å²) in [4.78, 5) is 18.9. The highest BCUT2D eigenvalue weighted by atomic mass is 16.2. The van der Waals surface area contributed by atoms with E-state index in [9.17, 15) is 4.79 Å². The normalized spacial score (nSPS) is 17.7. The minimum Gasteiger partial charge on any atom is -0.336 e. The molecule has 22 heavy (non-hydrogen) atoms. The lowest BCUT2D eigenvalue weighted by Gasteiger charge is -2.25. The van der Waals surface area contributed by atoms with Crippen LogP contribution in [-0.2, 0) is 6.42 Å². The van der Waals surface area contributed by atoms with Gasteiger partial charge in [-0.05, 0) is 50.3 Å². The van der Waals surface area contributed by atoms with Crippen molar-refractivity contribution in [3.8, 4) is 0 Å². The predicted octanol–water partition coefficient (Wildman–Crippen LogP) is 3.63. The molecule has 0 bridgehead atoms. The molecule has 0 N–H and O–H groups in total. The molecule has 1 atom stereocenters. The molecule has 2 heterocycles. The van der Waals surface area contributed by atoms with Crippen molar-refractivity contribution < 1.29 is 4.79 Å². The number of likely N-dealkylation sites (tertiary alicyclic amines) is 1. The summed E-state index contributed by atoms with van der Waals surface area (Å²) in [5.74, 6) is 0.128. The van der Waals surface area contributed by atoms with Gasteiger partial charge in [-0.15, -0.1) is 0 Å². The quantitative estimate of drug-likeness (QED) is 0.862. The Bertz CT molecular complexity index is 622. The van der Waals surface area contributed by atoms with E-state index < -0.39 is 0 Å². The third-order valence-electron chi connectivity index (χ3n) is 4.41. The van der Waals surface area contributed by atoms with Crippen LogP contribution in [0.25, 0.3) is 0 Å². The third-order valence-corrected chi connectivity index (χ3v) is 4.41. The van der Waals surface area contributed by atoms with Crippen LogP contribution < -0.4 is 0 Å². The van der Waals surface area contributed by atoms with E-state index in [0.717, 1.165) is 37.9 Å². The van der Waals surface area contributed by atoms with Gasteiger partial charge in [0.05, 0.1) is 5.56 Å². The number of benzene rings is 1. The molecule has 3 rings (SSSR count). The van der Waals surface area contributed by atoms with Crippen LogP contribution in [0.1, 0.15) is 40.9 Å². The molecule has 2 aromatic rings. The van der Waals surface area contributed by atoms with Crippen LogP contribution in [0.5, 0.6) is 0 Å². The number of hydrogen-bond donors (Lipinski definition) is 0. The number of carbonyl (C=O) groups is 1. The number of aromatic nitrogens is 1. The average molecular weight is 294 g/mol. The van der Waals surface area contributed by atoms with Gasteiger partial charge in [0.25, 0.3) is 5.91 Å². The molecule has 1 fully saturated rings. The zero-order valence-electron chi connectivity index (χ0n) is 13.0. The van der Waals surface area contributed by atoms with Gasteiger partial charge in [0.15, 0.2) is 0 Å². The smallest absolute Gasteiger partial charge is 0.255 e. The van der Waals surface area contributed by atoms with Gasteiger partial charge < -0.3 is 4.90 Å². The van der Waals surface area contributed by atoms with Gasteiger partial charge in [0, 0.05) is 24.5 Å². The van der Waals surface area contributed by atoms with Crippen molar-refractivity contribution in [2.75, 3.05) is 6.54 Å². The highest BCUT2D eigenvalue weighted by Crippen LogP contribution is 2.24. The first-order valence-corrected chi connectivity index (χ1v) is 8.01. The molecule has 114 valence electrons. The second kappa shape index (κ2) is 6.73. The van der Waals surface area contributed by atoms with Crippen molar-refractivity contribution in [3.05, 3.63) is 65.5 Å². The molecule has 0 radical (unpaired) electrons. The number of rotatable bonds is 4. The molecule has 0 aliphatic carbocycles. The Kier molecular flexibility index (Phi) is 4.52. The first kappa shape index (κ1) is 14.8. The van der Waals surface area contributed by atoms with Gasteiger partial charge in [0.2, 0.25) is 0 Å². The number of aryl methyl sites for hydroxylation is 2. The lowest BCUT2D eigenvalue weighted by Crippen LogP contribution is -2.35. The maximum atomic E-state index is 12.7. The fourth-order valence-electron chi connectivity index (χ4n) is 3.14. The van der Waals surface area contributed by atoms with Gasteiger partial charge in [-0.25, -0.2) is 0 Å². The maximum absolute atomic E-state index is 12.7. The molecule has 1 aliphatic rings. The fourth-order valence-corrected chi connectivity index (χ4v) is 3.14. The minimum absolute atomic E-state index is 0.128. The van der Waals surface area contributed by atoms with Crippen molar-refractivity contribution in [3.63, 3.8) is 0 Å². The molecule has 1 aromatic carbocycles.